The van der Waals surface area contributed by atoms with Gasteiger partial charge >= 0.3 is 0 Å². The van der Waals surface area contributed by atoms with Crippen LogP contribution >= 0.6 is 27.5 Å². The van der Waals surface area contributed by atoms with Crippen LogP contribution in [0.5, 0.6) is 0 Å². The number of benzene rings is 2. The standard InChI is InChI=1S/C26H27BrClN3O5/c27-16-13-26-20(19(21(16)36-26)23(33)29-14-15-7-2-1-3-8-15)25(35)31(11-6-12-32)22(26)24(34)30-18-10-5-4-9-17(18)28/h1-5,7-10,16,19-22,32H,6,11-14H2,(H,29,33)(H,30,34)/t16?,19-,20+,21-,22?,26?/m1/s1. The van der Waals surface area contributed by atoms with Gasteiger partial charge in [-0.1, -0.05) is 70.0 Å². The van der Waals surface area contributed by atoms with Crippen LogP contribution in [0.4, 0.5) is 5.69 Å². The first-order valence-electron chi connectivity index (χ1n) is 12.0. The Labute approximate surface area is 222 Å². The van der Waals surface area contributed by atoms with Crippen molar-refractivity contribution in [1.82, 2.24) is 10.2 Å². The number of carbonyl (C=O) groups is 3. The van der Waals surface area contributed by atoms with E-state index in [1.54, 1.807) is 24.3 Å². The first-order chi connectivity index (χ1) is 17.4. The number of aliphatic hydroxyl groups is 1. The Kier molecular flexibility index (Phi) is 7.09. The van der Waals surface area contributed by atoms with E-state index in [-0.39, 0.29) is 29.8 Å². The molecule has 1 spiro atoms. The van der Waals surface area contributed by atoms with Gasteiger partial charge in [0.25, 0.3) is 0 Å². The molecule has 36 heavy (non-hydrogen) atoms. The predicted octanol–water partition coefficient (Wildman–Crippen LogP) is 2.73. The number of ether oxygens (including phenoxy) is 1. The average molecular weight is 577 g/mol. The molecule has 3 N–H and O–H groups in total. The van der Waals surface area contributed by atoms with Crippen molar-refractivity contribution < 1.29 is 24.2 Å². The molecule has 10 heteroatoms. The third-order valence-electron chi connectivity index (χ3n) is 7.34. The second-order valence-electron chi connectivity index (χ2n) is 9.44. The Morgan fingerprint density at radius 2 is 1.86 bits per heavy atom. The maximum atomic E-state index is 13.8. The van der Waals surface area contributed by atoms with E-state index in [2.05, 4.69) is 26.6 Å². The fourth-order valence-electron chi connectivity index (χ4n) is 5.88. The highest BCUT2D eigenvalue weighted by Crippen LogP contribution is 2.60. The Hall–Kier alpha value is -2.46. The zero-order chi connectivity index (χ0) is 25.4. The number of aliphatic hydroxyl groups excluding tert-OH is 1. The van der Waals surface area contributed by atoms with E-state index in [0.717, 1.165) is 5.56 Å². The van der Waals surface area contributed by atoms with Crippen molar-refractivity contribution in [2.24, 2.45) is 11.8 Å². The molecule has 0 radical (unpaired) electrons. The molecule has 0 aliphatic carbocycles. The van der Waals surface area contributed by atoms with Crippen molar-refractivity contribution in [3.05, 3.63) is 65.2 Å². The summed E-state index contributed by atoms with van der Waals surface area (Å²) in [7, 11) is 0. The number of fused-ring (bicyclic) bond motifs is 1. The highest BCUT2D eigenvalue weighted by atomic mass is 79.9. The maximum absolute atomic E-state index is 13.8. The molecule has 0 saturated carbocycles. The number of nitrogens with one attached hydrogen (secondary N) is 2. The van der Waals surface area contributed by atoms with Crippen molar-refractivity contribution in [1.29, 1.82) is 0 Å². The number of rotatable bonds is 8. The largest absolute Gasteiger partial charge is 0.396 e. The van der Waals surface area contributed by atoms with Gasteiger partial charge in [-0.2, -0.15) is 0 Å². The lowest BCUT2D eigenvalue weighted by Gasteiger charge is -2.34. The van der Waals surface area contributed by atoms with E-state index in [9.17, 15) is 19.5 Å². The molecular formula is C26H27BrClN3O5. The summed E-state index contributed by atoms with van der Waals surface area (Å²) in [5.74, 6) is -2.54. The van der Waals surface area contributed by atoms with Gasteiger partial charge in [0.15, 0.2) is 0 Å². The number of alkyl halides is 1. The van der Waals surface area contributed by atoms with Crippen molar-refractivity contribution >= 4 is 50.9 Å². The van der Waals surface area contributed by atoms with Crippen molar-refractivity contribution in [3.8, 4) is 0 Å². The van der Waals surface area contributed by atoms with Crippen LogP contribution in [0.1, 0.15) is 18.4 Å². The molecule has 2 aromatic rings. The molecule has 3 aliphatic rings. The van der Waals surface area contributed by atoms with E-state index in [0.29, 0.717) is 30.1 Å². The molecule has 190 valence electrons. The Morgan fingerprint density at radius 1 is 1.14 bits per heavy atom. The third-order valence-corrected chi connectivity index (χ3v) is 8.51. The summed E-state index contributed by atoms with van der Waals surface area (Å²) in [4.78, 5) is 42.2. The number of hydrogen-bond donors (Lipinski definition) is 3. The summed E-state index contributed by atoms with van der Waals surface area (Å²) in [5, 5.41) is 15.6. The van der Waals surface area contributed by atoms with Crippen molar-refractivity contribution in [3.63, 3.8) is 0 Å². The lowest BCUT2D eigenvalue weighted by Crippen LogP contribution is -2.54. The first kappa shape index (κ1) is 25.2. The molecule has 6 atom stereocenters. The molecular weight excluding hydrogens is 550 g/mol. The molecule has 3 aliphatic heterocycles. The van der Waals surface area contributed by atoms with Gasteiger partial charge in [-0.3, -0.25) is 14.4 Å². The minimum Gasteiger partial charge on any atom is -0.396 e. The molecule has 8 nitrogen and oxygen atoms in total. The third kappa shape index (κ3) is 4.22. The molecule has 5 rings (SSSR count). The smallest absolute Gasteiger partial charge is 0.250 e. The lowest BCUT2D eigenvalue weighted by atomic mass is 9.70. The summed E-state index contributed by atoms with van der Waals surface area (Å²) in [5.41, 5.74) is 0.212. The molecule has 3 amide bonds. The number of halogens is 2. The van der Waals surface area contributed by atoms with Crippen LogP contribution < -0.4 is 10.6 Å². The van der Waals surface area contributed by atoms with Gasteiger partial charge in [0.05, 0.1) is 28.6 Å². The maximum Gasteiger partial charge on any atom is 0.250 e. The van der Waals surface area contributed by atoms with Crippen LogP contribution in [0, 0.1) is 11.8 Å². The van der Waals surface area contributed by atoms with E-state index >= 15 is 0 Å². The molecule has 3 heterocycles. The van der Waals surface area contributed by atoms with Crippen molar-refractivity contribution in [2.45, 2.75) is 42.0 Å². The highest BCUT2D eigenvalue weighted by molar-refractivity contribution is 9.09. The number of likely N-dealkylation sites (tertiary alicyclic amines) is 1. The molecule has 3 unspecified atom stereocenters. The topological polar surface area (TPSA) is 108 Å². The van der Waals surface area contributed by atoms with Gasteiger partial charge in [-0.15, -0.1) is 0 Å². The Morgan fingerprint density at radius 3 is 2.58 bits per heavy atom. The number of carbonyl (C=O) groups excluding carboxylic acids is 3. The summed E-state index contributed by atoms with van der Waals surface area (Å²) < 4.78 is 6.44. The summed E-state index contributed by atoms with van der Waals surface area (Å²) in [6.07, 6.45) is 0.175. The second kappa shape index (κ2) is 10.1. The number of para-hydroxylation sites is 1. The normalized spacial score (nSPS) is 30.4. The van der Waals surface area contributed by atoms with Crippen LogP contribution in [-0.2, 0) is 25.7 Å². The Bertz CT molecular complexity index is 1170. The van der Waals surface area contributed by atoms with E-state index in [1.807, 2.05) is 30.3 Å². The molecule has 3 fully saturated rings. The first-order valence-corrected chi connectivity index (χ1v) is 13.3. The van der Waals surface area contributed by atoms with Crippen LogP contribution in [0.2, 0.25) is 5.02 Å². The number of nitrogens with zero attached hydrogens (tertiary/aromatic N) is 1. The monoisotopic (exact) mass is 575 g/mol. The van der Waals surface area contributed by atoms with Gasteiger partial charge in [-0.05, 0) is 30.5 Å². The van der Waals surface area contributed by atoms with Crippen LogP contribution in [0.25, 0.3) is 0 Å². The van der Waals surface area contributed by atoms with Gasteiger partial charge in [0, 0.05) is 24.5 Å². The SMILES string of the molecule is O=C(Nc1ccccc1Cl)C1N(CCCO)C(=O)[C@@H]2[C@@H](C(=O)NCc3ccccc3)[C@@H]3OC12CC3Br. The fourth-order valence-corrected chi connectivity index (χ4v) is 7.00. The number of hydrogen-bond acceptors (Lipinski definition) is 5. The summed E-state index contributed by atoms with van der Waals surface area (Å²) in [6.45, 7) is 0.369. The molecule has 2 aromatic carbocycles. The predicted molar refractivity (Wildman–Crippen MR) is 137 cm³/mol. The zero-order valence-electron chi connectivity index (χ0n) is 19.4. The quantitative estimate of drug-likeness (QED) is 0.419. The highest BCUT2D eigenvalue weighted by Gasteiger charge is 2.76. The molecule has 0 aromatic heterocycles. The average Bonchev–Trinajstić information content (AvgIpc) is 3.46. The number of anilines is 1. The van der Waals surface area contributed by atoms with Gasteiger partial charge in [0.2, 0.25) is 17.7 Å². The van der Waals surface area contributed by atoms with Crippen LogP contribution in [-0.4, -0.2) is 63.5 Å². The Balaban J connectivity index is 1.45. The zero-order valence-corrected chi connectivity index (χ0v) is 21.7. The van der Waals surface area contributed by atoms with Gasteiger partial charge in [0.1, 0.15) is 11.6 Å². The minimum absolute atomic E-state index is 0.133. The minimum atomic E-state index is -1.16. The van der Waals surface area contributed by atoms with E-state index < -0.39 is 35.5 Å². The van der Waals surface area contributed by atoms with Crippen molar-refractivity contribution in [2.75, 3.05) is 18.5 Å². The van der Waals surface area contributed by atoms with Crippen LogP contribution in [0.15, 0.2) is 54.6 Å². The number of amides is 3. The molecule has 3 saturated heterocycles. The molecule has 2 bridgehead atoms. The van der Waals surface area contributed by atoms with Gasteiger partial charge < -0.3 is 25.4 Å². The summed E-state index contributed by atoms with van der Waals surface area (Å²) in [6, 6.07) is 15.4. The van der Waals surface area contributed by atoms with Gasteiger partial charge in [-0.25, -0.2) is 0 Å². The lowest BCUT2D eigenvalue weighted by molar-refractivity contribution is -0.141. The van der Waals surface area contributed by atoms with Crippen LogP contribution in [0.3, 0.4) is 0 Å². The second-order valence-corrected chi connectivity index (χ2v) is 11.0. The fraction of sp³-hybridized carbons (Fsp3) is 0.423. The van der Waals surface area contributed by atoms with E-state index in [4.69, 9.17) is 16.3 Å². The van der Waals surface area contributed by atoms with E-state index in [1.165, 1.54) is 4.90 Å². The summed E-state index contributed by atoms with van der Waals surface area (Å²) >= 11 is 9.92.